The van der Waals surface area contributed by atoms with Crippen molar-refractivity contribution in [2.75, 3.05) is 27.2 Å². The van der Waals surface area contributed by atoms with Crippen LogP contribution in [0.5, 0.6) is 0 Å². The molecule has 27 heavy (non-hydrogen) atoms. The van der Waals surface area contributed by atoms with Gasteiger partial charge in [-0.15, -0.1) is 12.4 Å². The summed E-state index contributed by atoms with van der Waals surface area (Å²) in [6.45, 7) is 1.31. The van der Waals surface area contributed by atoms with E-state index in [1.807, 2.05) is 19.0 Å². The van der Waals surface area contributed by atoms with Gasteiger partial charge < -0.3 is 15.5 Å². The average molecular weight is 408 g/mol. The number of nitrogens with two attached hydrogens (primary N) is 1. The predicted octanol–water partition coefficient (Wildman–Crippen LogP) is 3.53. The fourth-order valence-electron chi connectivity index (χ4n) is 3.35. The lowest BCUT2D eigenvalue weighted by atomic mass is 9.99. The van der Waals surface area contributed by atoms with E-state index >= 15 is 0 Å². The zero-order valence-electron chi connectivity index (χ0n) is 15.8. The number of halogens is 4. The topological polar surface area (TPSA) is 49.6 Å². The van der Waals surface area contributed by atoms with Crippen LogP contribution in [0.1, 0.15) is 36.8 Å². The monoisotopic (exact) mass is 407 g/mol. The number of carbonyl (C=O) groups is 1. The van der Waals surface area contributed by atoms with Crippen molar-refractivity contribution >= 4 is 18.3 Å². The minimum absolute atomic E-state index is 0. The molecule has 1 aromatic carbocycles. The van der Waals surface area contributed by atoms with Gasteiger partial charge in [-0.2, -0.15) is 13.2 Å². The minimum Gasteiger partial charge on any atom is -0.337 e. The molecule has 2 N–H and O–H groups in total. The summed E-state index contributed by atoms with van der Waals surface area (Å²) in [7, 11) is 3.81. The molecule has 1 amide bonds. The Bertz CT molecular complexity index is 610. The largest absolute Gasteiger partial charge is 0.416 e. The number of hydrogen-bond donors (Lipinski definition) is 1. The van der Waals surface area contributed by atoms with Crippen LogP contribution in [0.4, 0.5) is 13.2 Å². The van der Waals surface area contributed by atoms with Crippen LogP contribution in [-0.4, -0.2) is 48.9 Å². The second kappa shape index (κ2) is 10.3. The Balaban J connectivity index is 0.00000364. The van der Waals surface area contributed by atoms with Gasteiger partial charge in [-0.25, -0.2) is 0 Å². The first-order valence-corrected chi connectivity index (χ1v) is 9.01. The molecule has 0 unspecified atom stereocenters. The van der Waals surface area contributed by atoms with Crippen molar-refractivity contribution in [1.29, 1.82) is 0 Å². The SMILES string of the molecule is CN(C)CCN(Cc1cccc(C(F)(F)F)c1)C(=O)C[C@@H]1CCC[C@H]1N.Cl. The van der Waals surface area contributed by atoms with Gasteiger partial charge in [0.2, 0.25) is 5.91 Å². The lowest BCUT2D eigenvalue weighted by molar-refractivity contribution is -0.137. The van der Waals surface area contributed by atoms with Gasteiger partial charge in [-0.1, -0.05) is 18.6 Å². The molecule has 0 heterocycles. The molecule has 1 aliphatic rings. The molecule has 0 aliphatic heterocycles. The van der Waals surface area contributed by atoms with Crippen LogP contribution in [0.15, 0.2) is 24.3 Å². The second-order valence-electron chi connectivity index (χ2n) is 7.38. The molecule has 1 aromatic rings. The van der Waals surface area contributed by atoms with Gasteiger partial charge in [0.15, 0.2) is 0 Å². The summed E-state index contributed by atoms with van der Waals surface area (Å²) < 4.78 is 38.8. The van der Waals surface area contributed by atoms with Crippen LogP contribution < -0.4 is 5.73 Å². The first kappa shape index (κ1) is 23.7. The highest BCUT2D eigenvalue weighted by atomic mass is 35.5. The molecule has 1 fully saturated rings. The number of benzene rings is 1. The minimum atomic E-state index is -4.38. The van der Waals surface area contributed by atoms with Crippen molar-refractivity contribution in [3.8, 4) is 0 Å². The van der Waals surface area contributed by atoms with Gasteiger partial charge in [0, 0.05) is 32.1 Å². The first-order valence-electron chi connectivity index (χ1n) is 9.01. The Morgan fingerprint density at radius 3 is 2.48 bits per heavy atom. The number of nitrogens with zero attached hydrogens (tertiary/aromatic N) is 2. The highest BCUT2D eigenvalue weighted by Crippen LogP contribution is 2.30. The van der Waals surface area contributed by atoms with Gasteiger partial charge in [-0.3, -0.25) is 4.79 Å². The highest BCUT2D eigenvalue weighted by molar-refractivity contribution is 5.85. The zero-order valence-corrected chi connectivity index (χ0v) is 16.7. The maximum absolute atomic E-state index is 12.9. The van der Waals surface area contributed by atoms with Gasteiger partial charge in [0.05, 0.1) is 5.56 Å². The van der Waals surface area contributed by atoms with E-state index in [0.717, 1.165) is 31.4 Å². The Morgan fingerprint density at radius 1 is 1.22 bits per heavy atom. The Hall–Kier alpha value is -1.31. The molecule has 154 valence electrons. The van der Waals surface area contributed by atoms with E-state index in [0.29, 0.717) is 25.1 Å². The molecule has 0 saturated heterocycles. The van der Waals surface area contributed by atoms with Crippen LogP contribution in [0.25, 0.3) is 0 Å². The molecule has 2 rings (SSSR count). The Kier molecular flexibility index (Phi) is 9.05. The lowest BCUT2D eigenvalue weighted by Gasteiger charge is -2.27. The normalized spacial score (nSPS) is 19.8. The van der Waals surface area contributed by atoms with Gasteiger partial charge >= 0.3 is 6.18 Å². The third-order valence-corrected chi connectivity index (χ3v) is 4.95. The number of likely N-dealkylation sites (N-methyl/N-ethyl adjacent to an activating group) is 1. The summed E-state index contributed by atoms with van der Waals surface area (Å²) in [6, 6.07) is 5.24. The molecule has 4 nitrogen and oxygen atoms in total. The van der Waals surface area contributed by atoms with Crippen LogP contribution in [0, 0.1) is 5.92 Å². The van der Waals surface area contributed by atoms with Crippen molar-refractivity contribution in [3.05, 3.63) is 35.4 Å². The van der Waals surface area contributed by atoms with Crippen molar-refractivity contribution < 1.29 is 18.0 Å². The number of rotatable bonds is 7. The number of amides is 1. The molecule has 8 heteroatoms. The van der Waals surface area contributed by atoms with Gasteiger partial charge in [-0.05, 0) is 50.6 Å². The molecule has 1 aliphatic carbocycles. The highest BCUT2D eigenvalue weighted by Gasteiger charge is 2.31. The molecule has 0 bridgehead atoms. The number of hydrogen-bond acceptors (Lipinski definition) is 3. The van der Waals surface area contributed by atoms with E-state index < -0.39 is 11.7 Å². The standard InChI is InChI=1S/C19H28F3N3O.ClH/c1-24(2)9-10-25(18(26)12-15-6-4-8-17(15)23)13-14-5-3-7-16(11-14)19(20,21)22;/h3,5,7,11,15,17H,4,6,8-10,12-13,23H2,1-2H3;1H/t15-,17+;/m0./s1. The Labute approximate surface area is 165 Å². The van der Waals surface area contributed by atoms with E-state index in [9.17, 15) is 18.0 Å². The fourth-order valence-corrected chi connectivity index (χ4v) is 3.35. The first-order chi connectivity index (χ1) is 12.2. The van der Waals surface area contributed by atoms with Crippen molar-refractivity contribution in [2.45, 2.75) is 44.4 Å². The van der Waals surface area contributed by atoms with E-state index in [2.05, 4.69) is 0 Å². The summed E-state index contributed by atoms with van der Waals surface area (Å²) in [6.07, 6.45) is -1.11. The third-order valence-electron chi connectivity index (χ3n) is 4.95. The summed E-state index contributed by atoms with van der Waals surface area (Å²) >= 11 is 0. The number of carbonyl (C=O) groups excluding carboxylic acids is 1. The quantitative estimate of drug-likeness (QED) is 0.752. The summed E-state index contributed by atoms with van der Waals surface area (Å²) in [5.74, 6) is 0.137. The molecule has 0 radical (unpaired) electrons. The molecular weight excluding hydrogens is 379 g/mol. The molecule has 0 spiro atoms. The maximum Gasteiger partial charge on any atom is 0.416 e. The smallest absolute Gasteiger partial charge is 0.337 e. The van der Waals surface area contributed by atoms with Crippen LogP contribution >= 0.6 is 12.4 Å². The summed E-state index contributed by atoms with van der Waals surface area (Å²) in [4.78, 5) is 16.4. The van der Waals surface area contributed by atoms with Gasteiger partial charge in [0.25, 0.3) is 0 Å². The van der Waals surface area contributed by atoms with Crippen LogP contribution in [-0.2, 0) is 17.5 Å². The third kappa shape index (κ3) is 7.31. The second-order valence-corrected chi connectivity index (χ2v) is 7.38. The number of alkyl halides is 3. The lowest BCUT2D eigenvalue weighted by Crippen LogP contribution is -2.38. The molecular formula is C19H29ClF3N3O. The predicted molar refractivity (Wildman–Crippen MR) is 103 cm³/mol. The van der Waals surface area contributed by atoms with E-state index in [1.165, 1.54) is 6.07 Å². The van der Waals surface area contributed by atoms with Crippen molar-refractivity contribution in [1.82, 2.24) is 9.80 Å². The fraction of sp³-hybridized carbons (Fsp3) is 0.632. The zero-order chi connectivity index (χ0) is 19.3. The average Bonchev–Trinajstić information content (AvgIpc) is 2.95. The molecule has 0 aromatic heterocycles. The van der Waals surface area contributed by atoms with Crippen LogP contribution in [0.2, 0.25) is 0 Å². The van der Waals surface area contributed by atoms with E-state index in [1.54, 1.807) is 11.0 Å². The van der Waals surface area contributed by atoms with Crippen molar-refractivity contribution in [2.24, 2.45) is 11.7 Å². The molecule has 2 atom stereocenters. The maximum atomic E-state index is 12.9. The van der Waals surface area contributed by atoms with Crippen LogP contribution in [0.3, 0.4) is 0 Å². The Morgan fingerprint density at radius 2 is 1.93 bits per heavy atom. The summed E-state index contributed by atoms with van der Waals surface area (Å²) in [5.41, 5.74) is 5.87. The van der Waals surface area contributed by atoms with Crippen molar-refractivity contribution in [3.63, 3.8) is 0 Å². The summed E-state index contributed by atoms with van der Waals surface area (Å²) in [5, 5.41) is 0. The van der Waals surface area contributed by atoms with Gasteiger partial charge in [0.1, 0.15) is 0 Å². The van der Waals surface area contributed by atoms with E-state index in [-0.39, 0.29) is 36.8 Å². The molecule has 1 saturated carbocycles. The van der Waals surface area contributed by atoms with E-state index in [4.69, 9.17) is 5.73 Å².